The number of guanidine groups is 1. The van der Waals surface area contributed by atoms with Crippen LogP contribution >= 0.6 is 0 Å². The lowest BCUT2D eigenvalue weighted by Crippen LogP contribution is -2.55. The minimum atomic E-state index is -3.27. The highest BCUT2D eigenvalue weighted by Gasteiger charge is 2.24. The number of carbonyl (C=O) groups is 1. The molecule has 1 aliphatic heterocycles. The third kappa shape index (κ3) is 10.5. The molecule has 0 aromatic heterocycles. The third-order valence-corrected chi connectivity index (χ3v) is 5.17. The second kappa shape index (κ2) is 10.8. The van der Waals surface area contributed by atoms with Crippen molar-refractivity contribution < 1.29 is 13.2 Å². The Morgan fingerprint density at radius 1 is 1.22 bits per heavy atom. The first-order chi connectivity index (χ1) is 12.5. The van der Waals surface area contributed by atoms with Gasteiger partial charge < -0.3 is 16.0 Å². The van der Waals surface area contributed by atoms with Gasteiger partial charge in [0, 0.05) is 44.8 Å². The number of nitrogens with zero attached hydrogens (tertiary/aromatic N) is 2. The summed E-state index contributed by atoms with van der Waals surface area (Å²) in [4.78, 5) is 18.2. The van der Waals surface area contributed by atoms with Crippen LogP contribution in [0.25, 0.3) is 0 Å². The fourth-order valence-electron chi connectivity index (χ4n) is 2.99. The van der Waals surface area contributed by atoms with Gasteiger partial charge in [0.15, 0.2) is 5.96 Å². The molecule has 10 heteroatoms. The van der Waals surface area contributed by atoms with Gasteiger partial charge >= 0.3 is 0 Å². The highest BCUT2D eigenvalue weighted by atomic mass is 32.2. The lowest BCUT2D eigenvalue weighted by molar-refractivity contribution is -0.122. The van der Waals surface area contributed by atoms with Crippen LogP contribution in [0.4, 0.5) is 0 Å². The van der Waals surface area contributed by atoms with Crippen molar-refractivity contribution in [1.29, 1.82) is 0 Å². The summed E-state index contributed by atoms with van der Waals surface area (Å²) in [6, 6.07) is 0.275. The molecule has 158 valence electrons. The summed E-state index contributed by atoms with van der Waals surface area (Å²) in [5, 5.41) is 9.47. The second-order valence-electron chi connectivity index (χ2n) is 7.73. The summed E-state index contributed by atoms with van der Waals surface area (Å²) < 4.78 is 25.5. The number of carbonyl (C=O) groups excluding carboxylic acids is 1. The maximum atomic E-state index is 11.8. The molecule has 0 saturated carbocycles. The fourth-order valence-corrected chi connectivity index (χ4v) is 4.07. The number of sulfonamides is 1. The summed E-state index contributed by atoms with van der Waals surface area (Å²) in [5.74, 6) is 0.735. The number of aliphatic imine (C=N–C) groups is 1. The van der Waals surface area contributed by atoms with Crippen LogP contribution in [0.3, 0.4) is 0 Å². The van der Waals surface area contributed by atoms with E-state index in [1.165, 1.54) is 0 Å². The molecule has 0 aromatic rings. The molecule has 0 aliphatic carbocycles. The molecule has 1 amide bonds. The third-order valence-electron chi connectivity index (χ3n) is 4.25. The van der Waals surface area contributed by atoms with E-state index in [0.717, 1.165) is 45.2 Å². The van der Waals surface area contributed by atoms with Gasteiger partial charge in [-0.25, -0.2) is 13.1 Å². The van der Waals surface area contributed by atoms with Crippen LogP contribution in [0.2, 0.25) is 0 Å². The molecule has 0 unspecified atom stereocenters. The van der Waals surface area contributed by atoms with Gasteiger partial charge in [-0.3, -0.25) is 14.7 Å². The Balaban J connectivity index is 2.38. The quantitative estimate of drug-likeness (QED) is 0.303. The van der Waals surface area contributed by atoms with Crippen molar-refractivity contribution in [2.24, 2.45) is 4.99 Å². The van der Waals surface area contributed by atoms with Crippen molar-refractivity contribution in [2.75, 3.05) is 46.0 Å². The van der Waals surface area contributed by atoms with Crippen molar-refractivity contribution in [3.8, 4) is 0 Å². The standard InChI is InChI=1S/C17H36N6O3S/c1-6-9-19-15(24)12-23-10-7-14(8-11-23)21-16(18-4)20-13-17(2,3)22-27(5,25)26/h14,22H,6-13H2,1-5H3,(H,19,24)(H2,18,20,21). The Kier molecular flexibility index (Phi) is 9.48. The summed E-state index contributed by atoms with van der Waals surface area (Å²) >= 11 is 0. The number of piperidine rings is 1. The Morgan fingerprint density at radius 3 is 2.37 bits per heavy atom. The molecule has 1 aliphatic rings. The van der Waals surface area contributed by atoms with Crippen LogP contribution in [0.5, 0.6) is 0 Å². The van der Waals surface area contributed by atoms with Crippen molar-refractivity contribution in [2.45, 2.75) is 51.6 Å². The molecule has 0 bridgehead atoms. The zero-order valence-electron chi connectivity index (χ0n) is 17.3. The zero-order valence-corrected chi connectivity index (χ0v) is 18.1. The second-order valence-corrected chi connectivity index (χ2v) is 9.48. The Bertz CT molecular complexity index is 598. The van der Waals surface area contributed by atoms with Gasteiger partial charge in [-0.2, -0.15) is 0 Å². The molecule has 27 heavy (non-hydrogen) atoms. The molecular weight excluding hydrogens is 368 g/mol. The number of amides is 1. The lowest BCUT2D eigenvalue weighted by Gasteiger charge is -2.33. The summed E-state index contributed by atoms with van der Waals surface area (Å²) in [5.41, 5.74) is -0.625. The average Bonchev–Trinajstić information content (AvgIpc) is 2.56. The van der Waals surface area contributed by atoms with E-state index in [9.17, 15) is 13.2 Å². The van der Waals surface area contributed by atoms with E-state index in [1.807, 2.05) is 20.8 Å². The van der Waals surface area contributed by atoms with Crippen molar-refractivity contribution >= 4 is 21.9 Å². The van der Waals surface area contributed by atoms with E-state index in [2.05, 4.69) is 30.6 Å². The Labute approximate surface area is 163 Å². The largest absolute Gasteiger partial charge is 0.355 e. The molecule has 0 radical (unpaired) electrons. The first-order valence-corrected chi connectivity index (χ1v) is 11.4. The van der Waals surface area contributed by atoms with Crippen molar-refractivity contribution in [3.05, 3.63) is 0 Å². The van der Waals surface area contributed by atoms with Gasteiger partial charge in [0.25, 0.3) is 0 Å². The van der Waals surface area contributed by atoms with Gasteiger partial charge in [-0.1, -0.05) is 6.92 Å². The highest BCUT2D eigenvalue weighted by molar-refractivity contribution is 7.88. The molecule has 9 nitrogen and oxygen atoms in total. The zero-order chi connectivity index (χ0) is 20.5. The van der Waals surface area contributed by atoms with Crippen LogP contribution in [0.15, 0.2) is 4.99 Å². The predicted octanol–water partition coefficient (Wildman–Crippen LogP) is -0.530. The van der Waals surface area contributed by atoms with E-state index < -0.39 is 15.6 Å². The minimum absolute atomic E-state index is 0.0846. The number of hydrogen-bond donors (Lipinski definition) is 4. The normalized spacial score (nSPS) is 17.6. The Morgan fingerprint density at radius 2 is 1.85 bits per heavy atom. The SMILES string of the molecule is CCCNC(=O)CN1CCC(NC(=NC)NCC(C)(C)NS(C)(=O)=O)CC1. The Hall–Kier alpha value is -1.39. The summed E-state index contributed by atoms with van der Waals surface area (Å²) in [7, 11) is -1.58. The predicted molar refractivity (Wildman–Crippen MR) is 109 cm³/mol. The number of hydrogen-bond acceptors (Lipinski definition) is 5. The van der Waals surface area contributed by atoms with Gasteiger partial charge in [-0.15, -0.1) is 0 Å². The van der Waals surface area contributed by atoms with Crippen molar-refractivity contribution in [3.63, 3.8) is 0 Å². The molecular formula is C17H36N6O3S. The van der Waals surface area contributed by atoms with Gasteiger partial charge in [-0.05, 0) is 33.1 Å². The van der Waals surface area contributed by atoms with Crippen LogP contribution in [-0.4, -0.2) is 82.8 Å². The summed E-state index contributed by atoms with van der Waals surface area (Å²) in [6.07, 6.45) is 3.94. The number of likely N-dealkylation sites (tertiary alicyclic amines) is 1. The summed E-state index contributed by atoms with van der Waals surface area (Å²) in [6.45, 7) is 8.97. The van der Waals surface area contributed by atoms with E-state index in [4.69, 9.17) is 0 Å². The smallest absolute Gasteiger partial charge is 0.234 e. The minimum Gasteiger partial charge on any atom is -0.355 e. The monoisotopic (exact) mass is 404 g/mol. The topological polar surface area (TPSA) is 115 Å². The highest BCUT2D eigenvalue weighted by Crippen LogP contribution is 2.10. The first-order valence-electron chi connectivity index (χ1n) is 9.50. The van der Waals surface area contributed by atoms with E-state index in [1.54, 1.807) is 7.05 Å². The first kappa shape index (κ1) is 23.6. The van der Waals surface area contributed by atoms with Crippen LogP contribution in [0.1, 0.15) is 40.0 Å². The molecule has 1 heterocycles. The van der Waals surface area contributed by atoms with Crippen LogP contribution < -0.4 is 20.7 Å². The van der Waals surface area contributed by atoms with E-state index >= 15 is 0 Å². The average molecular weight is 405 g/mol. The maximum absolute atomic E-state index is 11.8. The fraction of sp³-hybridized carbons (Fsp3) is 0.882. The molecule has 0 atom stereocenters. The lowest BCUT2D eigenvalue weighted by atomic mass is 10.1. The number of rotatable bonds is 9. The van der Waals surface area contributed by atoms with Gasteiger partial charge in [0.2, 0.25) is 15.9 Å². The van der Waals surface area contributed by atoms with E-state index in [0.29, 0.717) is 19.0 Å². The maximum Gasteiger partial charge on any atom is 0.234 e. The molecule has 1 rings (SSSR count). The molecule has 1 saturated heterocycles. The van der Waals surface area contributed by atoms with Crippen LogP contribution in [-0.2, 0) is 14.8 Å². The number of nitrogens with one attached hydrogen (secondary N) is 4. The van der Waals surface area contributed by atoms with Crippen molar-refractivity contribution in [1.82, 2.24) is 25.6 Å². The van der Waals surface area contributed by atoms with Gasteiger partial charge in [0.1, 0.15) is 0 Å². The van der Waals surface area contributed by atoms with Gasteiger partial charge in [0.05, 0.1) is 12.8 Å². The molecule has 0 spiro atoms. The molecule has 4 N–H and O–H groups in total. The molecule has 0 aromatic carbocycles. The van der Waals surface area contributed by atoms with E-state index in [-0.39, 0.29) is 11.9 Å². The molecule has 1 fully saturated rings. The van der Waals surface area contributed by atoms with Crippen LogP contribution in [0, 0.1) is 0 Å².